The van der Waals surface area contributed by atoms with Crippen LogP contribution in [0.3, 0.4) is 0 Å². The van der Waals surface area contributed by atoms with Crippen molar-refractivity contribution in [2.75, 3.05) is 26.2 Å². The zero-order chi connectivity index (χ0) is 29.3. The molecule has 5 rings (SSSR count). The van der Waals surface area contributed by atoms with Crippen LogP contribution < -0.4 is 10.1 Å². The predicted octanol–water partition coefficient (Wildman–Crippen LogP) is 6.82. The molecule has 2 aliphatic heterocycles. The van der Waals surface area contributed by atoms with E-state index >= 15 is 0 Å². The van der Waals surface area contributed by atoms with Crippen molar-refractivity contribution in [3.63, 3.8) is 0 Å². The molecule has 1 N–H and O–H groups in total. The summed E-state index contributed by atoms with van der Waals surface area (Å²) in [6.07, 6.45) is 0. The average Bonchev–Trinajstić information content (AvgIpc) is 3.33. The summed E-state index contributed by atoms with van der Waals surface area (Å²) in [7, 11) is 0. The van der Waals surface area contributed by atoms with Gasteiger partial charge in [0.1, 0.15) is 35.8 Å². The fraction of sp³-hybridized carbons (Fsp3) is 0.364. The second-order valence-corrected chi connectivity index (χ2v) is 11.3. The Balaban J connectivity index is 0.00000253. The third-order valence-electron chi connectivity index (χ3n) is 7.39. The molecule has 2 heterocycles. The molecule has 7 nitrogen and oxygen atoms in total. The molecule has 0 unspecified atom stereocenters. The number of piperazine rings is 1. The third kappa shape index (κ3) is 6.99. The second kappa shape index (κ2) is 13.5. The van der Waals surface area contributed by atoms with Crippen LogP contribution in [0.1, 0.15) is 69.5 Å². The van der Waals surface area contributed by atoms with E-state index in [4.69, 9.17) is 9.73 Å². The number of aliphatic imine (C=N–C) groups is 1. The van der Waals surface area contributed by atoms with Gasteiger partial charge in [-0.25, -0.2) is 13.6 Å². The fourth-order valence-electron chi connectivity index (χ4n) is 5.26. The molecule has 0 bridgehead atoms. The van der Waals surface area contributed by atoms with Crippen LogP contribution in [0.4, 0.5) is 13.6 Å². The van der Waals surface area contributed by atoms with Gasteiger partial charge in [0.25, 0.3) is 0 Å². The molecule has 230 valence electrons. The van der Waals surface area contributed by atoms with E-state index in [9.17, 15) is 18.4 Å². The van der Waals surface area contributed by atoms with Gasteiger partial charge in [-0.2, -0.15) is 0 Å². The van der Waals surface area contributed by atoms with Crippen molar-refractivity contribution >= 4 is 30.2 Å². The lowest BCUT2D eigenvalue weighted by Gasteiger charge is -2.36. The smallest absolute Gasteiger partial charge is 0.326 e. The molecule has 3 aromatic carbocycles. The van der Waals surface area contributed by atoms with Gasteiger partial charge in [0.2, 0.25) is 5.91 Å². The van der Waals surface area contributed by atoms with Crippen LogP contribution in [0.2, 0.25) is 0 Å². The molecule has 10 heteroatoms. The van der Waals surface area contributed by atoms with Crippen LogP contribution in [0.25, 0.3) is 0 Å². The number of carbonyl (C=O) groups excluding carboxylic acids is 2. The van der Waals surface area contributed by atoms with E-state index in [2.05, 4.69) is 26.1 Å². The number of nitrogens with zero attached hydrogens (tertiary/aromatic N) is 3. The highest BCUT2D eigenvalue weighted by molar-refractivity contribution is 6.11. The molecule has 2 aliphatic rings. The molecule has 0 spiro atoms. The quantitative estimate of drug-likeness (QED) is 0.344. The molecule has 3 amide bonds. The van der Waals surface area contributed by atoms with E-state index < -0.39 is 29.7 Å². The normalized spacial score (nSPS) is 18.3. The van der Waals surface area contributed by atoms with Gasteiger partial charge in [0.15, 0.2) is 0 Å². The van der Waals surface area contributed by atoms with E-state index in [1.807, 2.05) is 25.1 Å². The molecule has 0 radical (unpaired) electrons. The predicted molar refractivity (Wildman–Crippen MR) is 167 cm³/mol. The number of carbonyl (C=O) groups is 2. The minimum atomic E-state index is -0.690. The summed E-state index contributed by atoms with van der Waals surface area (Å²) in [5.74, 6) is -0.106. The van der Waals surface area contributed by atoms with E-state index in [1.54, 1.807) is 29.2 Å². The lowest BCUT2D eigenvalue weighted by atomic mass is 9.86. The van der Waals surface area contributed by atoms with E-state index in [-0.39, 0.29) is 37.7 Å². The van der Waals surface area contributed by atoms with Gasteiger partial charge in [-0.05, 0) is 65.4 Å². The van der Waals surface area contributed by atoms with E-state index in [0.29, 0.717) is 48.0 Å². The van der Waals surface area contributed by atoms with Crippen LogP contribution in [-0.4, -0.2) is 53.8 Å². The van der Waals surface area contributed by atoms with Crippen molar-refractivity contribution in [3.8, 4) is 5.75 Å². The standard InChI is InChI=1S/C32H34F2N4O3.CH4.ClH/c1-5-41-26-18-22(32(2,3)4)10-15-25(26)30-36-28(20-6-11-23(33)12-7-20)29(21-8-13-24(34)14-9-21)38(30)31(40)37-17-16-35-27(39)19-37;;/h6-15,18,28-29H,5,16-17,19H2,1-4H3,(H,35,39);1H4;1H/t28-,29+;;/m0../s1. The Bertz CT molecular complexity index is 1470. The van der Waals surface area contributed by atoms with Gasteiger partial charge in [0, 0.05) is 13.1 Å². The minimum Gasteiger partial charge on any atom is -0.493 e. The summed E-state index contributed by atoms with van der Waals surface area (Å²) in [5, 5.41) is 2.76. The second-order valence-electron chi connectivity index (χ2n) is 11.3. The van der Waals surface area contributed by atoms with Crippen LogP contribution in [0.15, 0.2) is 71.7 Å². The third-order valence-corrected chi connectivity index (χ3v) is 7.39. The molecule has 0 aliphatic carbocycles. The number of rotatable bonds is 5. The molecule has 0 aromatic heterocycles. The van der Waals surface area contributed by atoms with Crippen molar-refractivity contribution in [1.29, 1.82) is 0 Å². The van der Waals surface area contributed by atoms with E-state index in [1.165, 1.54) is 29.2 Å². The fourth-order valence-corrected chi connectivity index (χ4v) is 5.26. The summed E-state index contributed by atoms with van der Waals surface area (Å²) in [6.45, 7) is 9.18. The number of hydrogen-bond acceptors (Lipinski definition) is 4. The Kier molecular flexibility index (Phi) is 10.6. The van der Waals surface area contributed by atoms with Gasteiger partial charge in [0.05, 0.1) is 18.2 Å². The van der Waals surface area contributed by atoms with Gasteiger partial charge in [-0.3, -0.25) is 14.7 Å². The Morgan fingerprint density at radius 2 is 1.60 bits per heavy atom. The number of amides is 3. The number of ether oxygens (including phenoxy) is 1. The van der Waals surface area contributed by atoms with Gasteiger partial charge in [-0.15, -0.1) is 12.4 Å². The number of urea groups is 1. The van der Waals surface area contributed by atoms with Gasteiger partial charge >= 0.3 is 6.03 Å². The molecule has 1 saturated heterocycles. The highest BCUT2D eigenvalue weighted by atomic mass is 35.5. The molecule has 3 aromatic rings. The Morgan fingerprint density at radius 3 is 2.16 bits per heavy atom. The number of halogens is 3. The largest absolute Gasteiger partial charge is 0.493 e. The first kappa shape index (κ1) is 33.5. The Labute approximate surface area is 258 Å². The van der Waals surface area contributed by atoms with Crippen LogP contribution in [-0.2, 0) is 10.2 Å². The monoisotopic (exact) mass is 612 g/mol. The molecular formula is C33H39ClF2N4O3. The average molecular weight is 613 g/mol. The molecule has 43 heavy (non-hydrogen) atoms. The van der Waals surface area contributed by atoms with Crippen LogP contribution in [0, 0.1) is 11.6 Å². The lowest BCUT2D eigenvalue weighted by Crippen LogP contribution is -2.55. The summed E-state index contributed by atoms with van der Waals surface area (Å²) in [5.41, 5.74) is 2.87. The minimum absolute atomic E-state index is 0. The molecular weight excluding hydrogens is 574 g/mol. The maximum Gasteiger partial charge on any atom is 0.326 e. The first-order chi connectivity index (χ1) is 19.6. The molecule has 2 atom stereocenters. The summed E-state index contributed by atoms with van der Waals surface area (Å²) in [4.78, 5) is 34.7. The zero-order valence-electron chi connectivity index (χ0n) is 24.1. The van der Waals surface area contributed by atoms with Crippen molar-refractivity contribution < 1.29 is 23.1 Å². The van der Waals surface area contributed by atoms with Crippen LogP contribution >= 0.6 is 12.4 Å². The highest BCUT2D eigenvalue weighted by Gasteiger charge is 2.45. The maximum atomic E-state index is 14.3. The summed E-state index contributed by atoms with van der Waals surface area (Å²) >= 11 is 0. The first-order valence-electron chi connectivity index (χ1n) is 13.8. The topological polar surface area (TPSA) is 74.2 Å². The van der Waals surface area contributed by atoms with E-state index in [0.717, 1.165) is 5.56 Å². The SMILES string of the molecule is C.CCOc1cc(C(C)(C)C)ccc1C1=N[C@@H](c2ccc(F)cc2)[C@@H](c2ccc(F)cc2)N1C(=O)N1CCNC(=O)C1.Cl. The lowest BCUT2D eigenvalue weighted by molar-refractivity contribution is -0.123. The van der Waals surface area contributed by atoms with Crippen molar-refractivity contribution in [3.05, 3.63) is 101 Å². The highest BCUT2D eigenvalue weighted by Crippen LogP contribution is 2.45. The number of nitrogens with one attached hydrogen (secondary N) is 1. The first-order valence-corrected chi connectivity index (χ1v) is 13.8. The molecule has 0 saturated carbocycles. The number of hydrogen-bond donors (Lipinski definition) is 1. The Morgan fingerprint density at radius 1 is 1.00 bits per heavy atom. The van der Waals surface area contributed by atoms with Crippen molar-refractivity contribution in [2.24, 2.45) is 4.99 Å². The summed E-state index contributed by atoms with van der Waals surface area (Å²) < 4.78 is 34.0. The van der Waals surface area contributed by atoms with Gasteiger partial charge in [-0.1, -0.05) is 58.5 Å². The van der Waals surface area contributed by atoms with Gasteiger partial charge < -0.3 is 15.0 Å². The Hall–Kier alpha value is -3.98. The van der Waals surface area contributed by atoms with Crippen LogP contribution in [0.5, 0.6) is 5.75 Å². The number of amidine groups is 1. The molecule has 1 fully saturated rings. The zero-order valence-corrected chi connectivity index (χ0v) is 24.9. The van der Waals surface area contributed by atoms with Crippen molar-refractivity contribution in [1.82, 2.24) is 15.1 Å². The number of benzene rings is 3. The maximum absolute atomic E-state index is 14.3. The summed E-state index contributed by atoms with van der Waals surface area (Å²) in [6, 6.07) is 16.1. The van der Waals surface area contributed by atoms with Crippen molar-refractivity contribution in [2.45, 2.75) is 52.6 Å².